The molecule has 0 unspecified atom stereocenters. The van der Waals surface area contributed by atoms with E-state index in [2.05, 4.69) is 16.6 Å². The minimum absolute atomic E-state index is 0.126. The lowest BCUT2D eigenvalue weighted by Crippen LogP contribution is -2.13. The predicted octanol–water partition coefficient (Wildman–Crippen LogP) is 4.35. The van der Waals surface area contributed by atoms with Crippen molar-refractivity contribution in [2.75, 3.05) is 20.3 Å². The van der Waals surface area contributed by atoms with Gasteiger partial charge in [-0.1, -0.05) is 47.2 Å². The van der Waals surface area contributed by atoms with Crippen LogP contribution in [0.1, 0.15) is 27.0 Å². The summed E-state index contributed by atoms with van der Waals surface area (Å²) in [7, 11) is 1.21. The first-order chi connectivity index (χ1) is 12.9. The molecule has 6 heteroatoms. The van der Waals surface area contributed by atoms with E-state index in [4.69, 9.17) is 21.1 Å². The Hall–Kier alpha value is -2.97. The van der Waals surface area contributed by atoms with Gasteiger partial charge in [0.15, 0.2) is 19.0 Å². The number of ketones is 1. The summed E-state index contributed by atoms with van der Waals surface area (Å²) in [4.78, 5) is 23.3. The maximum absolute atomic E-state index is 12.4. The molecule has 0 bridgehead atoms. The molecule has 0 heterocycles. The van der Waals surface area contributed by atoms with Gasteiger partial charge in [0.25, 0.3) is 0 Å². The van der Waals surface area contributed by atoms with Crippen LogP contribution in [0.5, 0.6) is 5.75 Å². The van der Waals surface area contributed by atoms with Gasteiger partial charge in [-0.15, -0.1) is 0 Å². The molecule has 0 aliphatic carbocycles. The second-order valence-corrected chi connectivity index (χ2v) is 6.15. The van der Waals surface area contributed by atoms with E-state index in [9.17, 15) is 9.59 Å². The minimum Gasteiger partial charge on any atom is -0.484 e. The maximum Gasteiger partial charge on any atom is 0.508 e. The smallest absolute Gasteiger partial charge is 0.484 e. The van der Waals surface area contributed by atoms with Crippen molar-refractivity contribution in [3.63, 3.8) is 0 Å². The van der Waals surface area contributed by atoms with Crippen LogP contribution in [-0.4, -0.2) is 32.3 Å². The molecule has 0 amide bonds. The first-order valence-electron chi connectivity index (χ1n) is 8.13. The molecule has 0 atom stereocenters. The van der Waals surface area contributed by atoms with Gasteiger partial charge in [0.05, 0.1) is 12.7 Å². The molecule has 0 aromatic heterocycles. The Bertz CT molecular complexity index is 909. The summed E-state index contributed by atoms with van der Waals surface area (Å²) in [6.45, 7) is 3.60. The number of Topliss-reactive ketones (excluding diaryl/α,β-unsaturated/α-hetero) is 1. The van der Waals surface area contributed by atoms with Crippen LogP contribution < -0.4 is 4.74 Å². The van der Waals surface area contributed by atoms with Gasteiger partial charge in [-0.3, -0.25) is 4.79 Å². The number of hydrogen-bond donors (Lipinski definition) is 0. The molecule has 0 radical (unpaired) electrons. The van der Waals surface area contributed by atoms with Crippen molar-refractivity contribution in [2.45, 2.75) is 13.8 Å². The van der Waals surface area contributed by atoms with Gasteiger partial charge < -0.3 is 14.2 Å². The zero-order valence-electron chi connectivity index (χ0n) is 15.3. The molecule has 27 heavy (non-hydrogen) atoms. The molecule has 5 nitrogen and oxygen atoms in total. The molecule has 0 aliphatic rings. The lowest BCUT2D eigenvalue weighted by Gasteiger charge is -2.10. The summed E-state index contributed by atoms with van der Waals surface area (Å²) in [5, 5.41) is 0.473. The van der Waals surface area contributed by atoms with Gasteiger partial charge in [0, 0.05) is 10.6 Å². The largest absolute Gasteiger partial charge is 0.508 e. The zero-order valence-corrected chi connectivity index (χ0v) is 16.1. The number of carbonyl (C=O) groups excluding carboxylic acids is 2. The SMILES string of the molecule is COC(=O)OCC#Cc1cc(Cl)ccc1OCC(=O)c1ccc(C)cc1C. The van der Waals surface area contributed by atoms with Crippen LogP contribution in [-0.2, 0) is 9.47 Å². The highest BCUT2D eigenvalue weighted by atomic mass is 35.5. The number of halogens is 1. The van der Waals surface area contributed by atoms with E-state index in [1.165, 1.54) is 7.11 Å². The summed E-state index contributed by atoms with van der Waals surface area (Å²) < 4.78 is 14.7. The lowest BCUT2D eigenvalue weighted by molar-refractivity contribution is 0.0832. The molecule has 2 aromatic carbocycles. The molecule has 0 aliphatic heterocycles. The third kappa shape index (κ3) is 6.05. The minimum atomic E-state index is -0.814. The predicted molar refractivity (Wildman–Crippen MR) is 102 cm³/mol. The Morgan fingerprint density at radius 3 is 2.59 bits per heavy atom. The Labute approximate surface area is 163 Å². The van der Waals surface area contributed by atoms with Gasteiger partial charge >= 0.3 is 6.16 Å². The molecule has 0 spiro atoms. The van der Waals surface area contributed by atoms with Crippen molar-refractivity contribution < 1.29 is 23.8 Å². The van der Waals surface area contributed by atoms with Crippen LogP contribution >= 0.6 is 11.6 Å². The summed E-state index contributed by atoms with van der Waals surface area (Å²) in [6.07, 6.45) is -0.814. The van der Waals surface area contributed by atoms with Gasteiger partial charge in [-0.05, 0) is 37.6 Å². The topological polar surface area (TPSA) is 61.8 Å². The van der Waals surface area contributed by atoms with Gasteiger partial charge in [-0.25, -0.2) is 4.79 Å². The number of aryl methyl sites for hydroxylation is 2. The van der Waals surface area contributed by atoms with Crippen molar-refractivity contribution >= 4 is 23.5 Å². The second-order valence-electron chi connectivity index (χ2n) is 5.72. The summed E-state index contributed by atoms with van der Waals surface area (Å²) >= 11 is 6.00. The number of hydrogen-bond acceptors (Lipinski definition) is 5. The molecule has 0 N–H and O–H groups in total. The van der Waals surface area contributed by atoms with Crippen molar-refractivity contribution in [1.29, 1.82) is 0 Å². The molecule has 0 saturated heterocycles. The summed E-state index contributed by atoms with van der Waals surface area (Å²) in [6, 6.07) is 10.5. The fourth-order valence-electron chi connectivity index (χ4n) is 2.36. The number of methoxy groups -OCH3 is 1. The fourth-order valence-corrected chi connectivity index (χ4v) is 2.53. The van der Waals surface area contributed by atoms with Crippen LogP contribution in [0, 0.1) is 25.7 Å². The zero-order chi connectivity index (χ0) is 19.8. The highest BCUT2D eigenvalue weighted by Crippen LogP contribution is 2.22. The fraction of sp³-hybridized carbons (Fsp3) is 0.238. The average Bonchev–Trinajstić information content (AvgIpc) is 2.64. The second kappa shape index (κ2) is 9.65. The Morgan fingerprint density at radius 2 is 1.89 bits per heavy atom. The normalized spacial score (nSPS) is 9.78. The molecule has 2 rings (SSSR count). The highest BCUT2D eigenvalue weighted by Gasteiger charge is 2.11. The van der Waals surface area contributed by atoms with Crippen LogP contribution in [0.25, 0.3) is 0 Å². The van der Waals surface area contributed by atoms with Gasteiger partial charge in [0.2, 0.25) is 0 Å². The highest BCUT2D eigenvalue weighted by molar-refractivity contribution is 6.30. The summed E-state index contributed by atoms with van der Waals surface area (Å²) in [5.74, 6) is 5.78. The Morgan fingerprint density at radius 1 is 1.11 bits per heavy atom. The Balaban J connectivity index is 2.09. The number of benzene rings is 2. The number of rotatable bonds is 5. The van der Waals surface area contributed by atoms with Crippen molar-refractivity contribution in [2.24, 2.45) is 0 Å². The molecule has 2 aromatic rings. The number of ether oxygens (including phenoxy) is 3. The molecular weight excluding hydrogens is 368 g/mol. The van der Waals surface area contributed by atoms with E-state index in [1.807, 2.05) is 26.0 Å². The van der Waals surface area contributed by atoms with E-state index in [1.54, 1.807) is 24.3 Å². The van der Waals surface area contributed by atoms with Crippen molar-refractivity contribution in [3.8, 4) is 17.6 Å². The Kier molecular flexibility index (Phi) is 7.27. The van der Waals surface area contributed by atoms with E-state index in [0.717, 1.165) is 11.1 Å². The van der Waals surface area contributed by atoms with Crippen LogP contribution in [0.4, 0.5) is 4.79 Å². The van der Waals surface area contributed by atoms with Crippen LogP contribution in [0.15, 0.2) is 36.4 Å². The standard InChI is InChI=1S/C21H19ClO5/c1-14-6-8-18(15(2)11-14)19(23)13-27-20-9-7-17(22)12-16(20)5-4-10-26-21(24)25-3/h6-9,11-12H,10,13H2,1-3H3. The maximum atomic E-state index is 12.4. The van der Waals surface area contributed by atoms with Crippen molar-refractivity contribution in [3.05, 3.63) is 63.7 Å². The lowest BCUT2D eigenvalue weighted by atomic mass is 10.0. The number of carbonyl (C=O) groups is 2. The van der Waals surface area contributed by atoms with E-state index in [-0.39, 0.29) is 19.0 Å². The van der Waals surface area contributed by atoms with Crippen LogP contribution in [0.3, 0.4) is 0 Å². The quantitative estimate of drug-likeness (QED) is 0.434. The molecule has 0 fully saturated rings. The van der Waals surface area contributed by atoms with E-state index in [0.29, 0.717) is 21.9 Å². The van der Waals surface area contributed by atoms with Crippen molar-refractivity contribution in [1.82, 2.24) is 0 Å². The van der Waals surface area contributed by atoms with Gasteiger partial charge in [0.1, 0.15) is 5.75 Å². The monoisotopic (exact) mass is 386 g/mol. The van der Waals surface area contributed by atoms with Gasteiger partial charge in [-0.2, -0.15) is 0 Å². The third-order valence-corrected chi connectivity index (χ3v) is 3.87. The molecular formula is C21H19ClO5. The average molecular weight is 387 g/mol. The van der Waals surface area contributed by atoms with E-state index >= 15 is 0 Å². The molecule has 140 valence electrons. The van der Waals surface area contributed by atoms with E-state index < -0.39 is 6.16 Å². The first kappa shape index (κ1) is 20.3. The third-order valence-electron chi connectivity index (χ3n) is 3.63. The summed E-state index contributed by atoms with van der Waals surface area (Å²) in [5.41, 5.74) is 3.10. The first-order valence-corrected chi connectivity index (χ1v) is 8.51. The molecule has 0 saturated carbocycles. The van der Waals surface area contributed by atoms with Crippen LogP contribution in [0.2, 0.25) is 5.02 Å².